The van der Waals surface area contributed by atoms with Gasteiger partial charge in [0, 0.05) is 11.8 Å². The number of fused-ring (bicyclic) bond motifs is 1. The Labute approximate surface area is 87.7 Å². The lowest BCUT2D eigenvalue weighted by Crippen LogP contribution is -1.98. The third kappa shape index (κ3) is 1.72. The summed E-state index contributed by atoms with van der Waals surface area (Å²) in [7, 11) is 0. The Bertz CT molecular complexity index is 522. The van der Waals surface area contributed by atoms with Crippen molar-refractivity contribution in [2.75, 3.05) is 0 Å². The second-order valence-corrected chi connectivity index (χ2v) is 3.50. The summed E-state index contributed by atoms with van der Waals surface area (Å²) in [6, 6.07) is 3.72. The highest BCUT2D eigenvalue weighted by atomic mass is 16.5. The minimum atomic E-state index is -0.616. The van der Waals surface area contributed by atoms with Crippen LogP contribution in [0, 0.1) is 19.3 Å². The smallest absolute Gasteiger partial charge is 0.167 e. The van der Waals surface area contributed by atoms with E-state index in [-0.39, 0.29) is 0 Å². The summed E-state index contributed by atoms with van der Waals surface area (Å²) in [5.41, 5.74) is 2.52. The van der Waals surface area contributed by atoms with Crippen LogP contribution in [-0.2, 0) is 0 Å². The molecular formula is C12H11NO2. The van der Waals surface area contributed by atoms with Gasteiger partial charge in [-0.3, -0.25) is 0 Å². The van der Waals surface area contributed by atoms with Gasteiger partial charge >= 0.3 is 0 Å². The van der Waals surface area contributed by atoms with Crippen molar-refractivity contribution in [3.8, 4) is 12.3 Å². The van der Waals surface area contributed by atoms with Crippen molar-refractivity contribution in [2.45, 2.75) is 19.4 Å². The van der Waals surface area contributed by atoms with Crippen LogP contribution in [0.3, 0.4) is 0 Å². The predicted octanol–water partition coefficient (Wildman–Crippen LogP) is 2.19. The third-order valence-corrected chi connectivity index (χ3v) is 2.41. The van der Waals surface area contributed by atoms with Crippen LogP contribution < -0.4 is 0 Å². The second kappa shape index (κ2) is 3.76. The molecule has 2 aromatic rings. The van der Waals surface area contributed by atoms with Gasteiger partial charge in [-0.2, -0.15) is 0 Å². The van der Waals surface area contributed by atoms with E-state index >= 15 is 0 Å². The van der Waals surface area contributed by atoms with Crippen molar-refractivity contribution >= 4 is 11.0 Å². The average Bonchev–Trinajstić information content (AvgIpc) is 2.63. The van der Waals surface area contributed by atoms with Gasteiger partial charge in [-0.05, 0) is 30.2 Å². The van der Waals surface area contributed by atoms with Crippen LogP contribution in [-0.4, -0.2) is 10.3 Å². The predicted molar refractivity (Wildman–Crippen MR) is 57.2 cm³/mol. The number of aromatic nitrogens is 1. The number of hydrogen-bond donors (Lipinski definition) is 1. The molecule has 3 nitrogen and oxygen atoms in total. The van der Waals surface area contributed by atoms with E-state index in [0.717, 1.165) is 22.1 Å². The minimum Gasteiger partial charge on any atom is -0.387 e. The number of terminal acetylenes is 1. The summed E-state index contributed by atoms with van der Waals surface area (Å²) in [4.78, 5) is 0. The monoisotopic (exact) mass is 201 g/mol. The molecule has 0 bridgehead atoms. The van der Waals surface area contributed by atoms with Crippen LogP contribution >= 0.6 is 0 Å². The van der Waals surface area contributed by atoms with E-state index in [1.807, 2.05) is 19.1 Å². The van der Waals surface area contributed by atoms with E-state index in [9.17, 15) is 5.11 Å². The fraction of sp³-hybridized carbons (Fsp3) is 0.250. The molecular weight excluding hydrogens is 190 g/mol. The fourth-order valence-electron chi connectivity index (χ4n) is 1.62. The highest BCUT2D eigenvalue weighted by Gasteiger charge is 2.11. The highest BCUT2D eigenvalue weighted by molar-refractivity contribution is 5.77. The molecule has 0 spiro atoms. The molecule has 0 saturated heterocycles. The number of rotatable bonds is 2. The van der Waals surface area contributed by atoms with Gasteiger partial charge in [0.15, 0.2) is 5.58 Å². The van der Waals surface area contributed by atoms with Crippen LogP contribution in [0.5, 0.6) is 0 Å². The number of hydrogen-bond acceptors (Lipinski definition) is 3. The van der Waals surface area contributed by atoms with E-state index in [1.165, 1.54) is 0 Å². The Morgan fingerprint density at radius 1 is 1.60 bits per heavy atom. The Hall–Kier alpha value is -1.79. The van der Waals surface area contributed by atoms with Gasteiger partial charge in [-0.15, -0.1) is 12.3 Å². The first-order valence-corrected chi connectivity index (χ1v) is 4.69. The largest absolute Gasteiger partial charge is 0.387 e. The average molecular weight is 201 g/mol. The second-order valence-electron chi connectivity index (χ2n) is 3.50. The normalized spacial score (nSPS) is 12.6. The first kappa shape index (κ1) is 9.75. The zero-order valence-electron chi connectivity index (χ0n) is 8.40. The molecule has 1 atom stereocenters. The maximum Gasteiger partial charge on any atom is 0.167 e. The SMILES string of the molecule is C#CCC(O)c1cc2cnoc2cc1C. The lowest BCUT2D eigenvalue weighted by Gasteiger charge is -2.10. The Balaban J connectivity index is 2.51. The number of aryl methyl sites for hydroxylation is 1. The van der Waals surface area contributed by atoms with Crippen LogP contribution in [0.4, 0.5) is 0 Å². The van der Waals surface area contributed by atoms with Crippen LogP contribution in [0.2, 0.25) is 0 Å². The number of aliphatic hydroxyl groups excluding tert-OH is 1. The van der Waals surface area contributed by atoms with Crippen molar-refractivity contribution < 1.29 is 9.63 Å². The Morgan fingerprint density at radius 3 is 3.13 bits per heavy atom. The first-order chi connectivity index (χ1) is 7.22. The molecule has 2 rings (SSSR count). The standard InChI is InChI=1S/C12H11NO2/c1-3-4-11(14)10-6-9-7-13-15-12(9)5-8(10)2/h1,5-7,11,14H,4H2,2H3. The van der Waals surface area contributed by atoms with Crippen molar-refractivity contribution in [1.29, 1.82) is 0 Å². The molecule has 1 N–H and O–H groups in total. The third-order valence-electron chi connectivity index (χ3n) is 2.41. The Morgan fingerprint density at radius 2 is 2.40 bits per heavy atom. The lowest BCUT2D eigenvalue weighted by molar-refractivity contribution is 0.183. The molecule has 0 amide bonds. The van der Waals surface area contributed by atoms with Gasteiger partial charge in [0.25, 0.3) is 0 Å². The molecule has 1 aromatic heterocycles. The molecule has 1 aromatic carbocycles. The van der Waals surface area contributed by atoms with Gasteiger partial charge < -0.3 is 9.63 Å². The molecule has 1 heterocycles. The summed E-state index contributed by atoms with van der Waals surface area (Å²) in [5, 5.41) is 14.4. The van der Waals surface area contributed by atoms with Crippen LogP contribution in [0.15, 0.2) is 22.9 Å². The zero-order chi connectivity index (χ0) is 10.8. The van der Waals surface area contributed by atoms with Gasteiger partial charge in [0.2, 0.25) is 0 Å². The van der Waals surface area contributed by atoms with E-state index in [1.54, 1.807) is 6.20 Å². The molecule has 0 fully saturated rings. The number of nitrogens with zero attached hydrogens (tertiary/aromatic N) is 1. The molecule has 15 heavy (non-hydrogen) atoms. The zero-order valence-corrected chi connectivity index (χ0v) is 8.40. The van der Waals surface area contributed by atoms with E-state index in [4.69, 9.17) is 10.9 Å². The van der Waals surface area contributed by atoms with Gasteiger partial charge in [0.05, 0.1) is 12.3 Å². The molecule has 0 saturated carbocycles. The highest BCUT2D eigenvalue weighted by Crippen LogP contribution is 2.25. The lowest BCUT2D eigenvalue weighted by atomic mass is 10.00. The van der Waals surface area contributed by atoms with Crippen LogP contribution in [0.25, 0.3) is 11.0 Å². The summed E-state index contributed by atoms with van der Waals surface area (Å²) >= 11 is 0. The molecule has 0 radical (unpaired) electrons. The van der Waals surface area contributed by atoms with E-state index < -0.39 is 6.10 Å². The van der Waals surface area contributed by atoms with E-state index in [0.29, 0.717) is 6.42 Å². The minimum absolute atomic E-state index is 0.317. The maximum absolute atomic E-state index is 9.80. The number of benzene rings is 1. The Kier molecular flexibility index (Phi) is 2.44. The molecule has 0 aliphatic rings. The van der Waals surface area contributed by atoms with Crippen molar-refractivity contribution in [3.63, 3.8) is 0 Å². The summed E-state index contributed by atoms with van der Waals surface area (Å²) < 4.78 is 5.02. The summed E-state index contributed by atoms with van der Waals surface area (Å²) in [6.07, 6.45) is 6.50. The molecule has 76 valence electrons. The maximum atomic E-state index is 9.80. The van der Waals surface area contributed by atoms with Crippen molar-refractivity contribution in [2.24, 2.45) is 0 Å². The van der Waals surface area contributed by atoms with Crippen LogP contribution in [0.1, 0.15) is 23.7 Å². The molecule has 0 aliphatic heterocycles. The van der Waals surface area contributed by atoms with E-state index in [2.05, 4.69) is 11.1 Å². The molecule has 3 heteroatoms. The first-order valence-electron chi connectivity index (χ1n) is 4.69. The quantitative estimate of drug-likeness (QED) is 0.757. The van der Waals surface area contributed by atoms with Crippen molar-refractivity contribution in [3.05, 3.63) is 29.5 Å². The fourth-order valence-corrected chi connectivity index (χ4v) is 1.62. The van der Waals surface area contributed by atoms with Gasteiger partial charge in [-0.1, -0.05) is 5.16 Å². The summed E-state index contributed by atoms with van der Waals surface area (Å²) in [6.45, 7) is 1.91. The van der Waals surface area contributed by atoms with Crippen molar-refractivity contribution in [1.82, 2.24) is 5.16 Å². The molecule has 1 unspecified atom stereocenters. The number of aliphatic hydroxyl groups is 1. The van der Waals surface area contributed by atoms with Gasteiger partial charge in [0.1, 0.15) is 0 Å². The molecule has 0 aliphatic carbocycles. The summed E-state index contributed by atoms with van der Waals surface area (Å²) in [5.74, 6) is 2.45. The topological polar surface area (TPSA) is 46.3 Å². The van der Waals surface area contributed by atoms with Gasteiger partial charge in [-0.25, -0.2) is 0 Å².